The fourth-order valence-corrected chi connectivity index (χ4v) is 14.8. The normalized spacial score (nSPS) is 17.4. The number of benzene rings is 7. The number of carboxylic acid groups (broad SMARTS) is 1. The minimum absolute atomic E-state index is 0. The van der Waals surface area contributed by atoms with Gasteiger partial charge in [-0.1, -0.05) is 198 Å². The number of amides is 4. The zero-order valence-electron chi connectivity index (χ0n) is 72.6. The molecule has 36 heteroatoms. The first-order chi connectivity index (χ1) is 53.7. The summed E-state index contributed by atoms with van der Waals surface area (Å²) >= 11 is 0. The van der Waals surface area contributed by atoms with Crippen molar-refractivity contribution in [2.24, 2.45) is 23.7 Å². The molecular formula is C87H112ClN5O19S2Y9. The van der Waals surface area contributed by atoms with E-state index in [2.05, 4.69) is 36.6 Å². The Bertz CT molecular complexity index is 4450. The molecule has 0 aromatic heterocycles. The topological polar surface area (TPSA) is 314 Å². The van der Waals surface area contributed by atoms with Crippen molar-refractivity contribution < 1.29 is 383 Å². The molecule has 7 aromatic rings. The number of carboxylic acids is 1. The van der Waals surface area contributed by atoms with Gasteiger partial charge in [0.05, 0.1) is 66.3 Å². The van der Waals surface area contributed by atoms with Crippen molar-refractivity contribution in [3.05, 3.63) is 234 Å². The average Bonchev–Trinajstić information content (AvgIpc) is 1.68. The van der Waals surface area contributed by atoms with Crippen LogP contribution in [0, 0.1) is 23.7 Å². The summed E-state index contributed by atoms with van der Waals surface area (Å²) in [5.74, 6) is -2.50. The van der Waals surface area contributed by atoms with Gasteiger partial charge >= 0.3 is 42.2 Å². The van der Waals surface area contributed by atoms with E-state index < -0.39 is 55.0 Å². The average molecular weight is 2430 g/mol. The van der Waals surface area contributed by atoms with Gasteiger partial charge in [-0.3, -0.25) is 24.0 Å². The first-order valence-corrected chi connectivity index (χ1v) is 41.2. The summed E-state index contributed by atoms with van der Waals surface area (Å²) < 4.78 is 77.7. The van der Waals surface area contributed by atoms with Gasteiger partial charge in [-0.25, -0.2) is 31.2 Å². The summed E-state index contributed by atoms with van der Waals surface area (Å²) in [4.78, 5) is 102. The summed E-state index contributed by atoms with van der Waals surface area (Å²) in [6.45, 7) is 22.3. The van der Waals surface area contributed by atoms with Crippen molar-refractivity contribution in [1.82, 2.24) is 25.3 Å². The van der Waals surface area contributed by atoms with Crippen LogP contribution in [0.4, 0.5) is 14.4 Å². The number of hydrogen-bond acceptors (Lipinski definition) is 19. The van der Waals surface area contributed by atoms with Crippen molar-refractivity contribution in [3.63, 3.8) is 0 Å². The second kappa shape index (κ2) is 67.0. The smallest absolute Gasteiger partial charge is 0.412 e. The molecule has 4 aliphatic rings. The van der Waals surface area contributed by atoms with Crippen molar-refractivity contribution in [2.45, 2.75) is 140 Å². The molecule has 0 saturated carbocycles. The van der Waals surface area contributed by atoms with E-state index in [1.54, 1.807) is 117 Å². The summed E-state index contributed by atoms with van der Waals surface area (Å²) in [6.07, 6.45) is 0.666. The molecule has 8 atom stereocenters. The number of nitrogens with zero attached hydrogens (tertiary/aromatic N) is 3. The molecular weight excluding hydrogens is 2320 g/mol. The van der Waals surface area contributed by atoms with Crippen LogP contribution in [0.2, 0.25) is 0 Å². The number of sulfone groups is 2. The van der Waals surface area contributed by atoms with Gasteiger partial charge in [0.15, 0.2) is 19.7 Å². The van der Waals surface area contributed by atoms with Crippen molar-refractivity contribution in [3.8, 4) is 5.75 Å². The van der Waals surface area contributed by atoms with E-state index >= 15 is 0 Å². The Morgan fingerprint density at radius 2 is 0.724 bits per heavy atom. The van der Waals surface area contributed by atoms with E-state index in [-0.39, 0.29) is 408 Å². The number of carbonyl (C=O) groups excluding carboxylic acids is 7. The number of likely N-dealkylation sites (tertiary alicyclic amines) is 3. The molecule has 7 aromatic carbocycles. The quantitative estimate of drug-likeness (QED) is 0.0531. The molecule has 24 nitrogen and oxygen atoms in total. The number of rotatable bonds is 18. The van der Waals surface area contributed by atoms with Crippen LogP contribution < -0.4 is 15.4 Å². The summed E-state index contributed by atoms with van der Waals surface area (Å²) in [5.41, 5.74) is 4.76. The van der Waals surface area contributed by atoms with Crippen LogP contribution in [0.3, 0.4) is 0 Å². The number of ether oxygens (including phenoxy) is 6. The van der Waals surface area contributed by atoms with Crippen molar-refractivity contribution >= 4 is 80.1 Å². The summed E-state index contributed by atoms with van der Waals surface area (Å²) in [5, 5.41) is 15.2. The number of hydrogen-bond donors (Lipinski definition) is 3. The number of aliphatic carboxylic acids is 1. The van der Waals surface area contributed by atoms with Crippen LogP contribution in [0.5, 0.6) is 5.75 Å². The summed E-state index contributed by atoms with van der Waals surface area (Å²) in [6, 6.07) is 60.9. The van der Waals surface area contributed by atoms with Crippen LogP contribution in [-0.2, 0) is 375 Å². The Morgan fingerprint density at radius 3 is 1.07 bits per heavy atom. The first-order valence-electron chi connectivity index (χ1n) is 37.9. The maximum Gasteiger partial charge on any atom is 0.412 e. The second-order valence-electron chi connectivity index (χ2n) is 29.5. The largest absolute Gasteiger partial charge is 0.481 e. The SMILES string of the molecule is CC(C)(C)OC(=O)N1CC(C(=O)O)C(c2ccccc2)C1.CCC.CCS(=O)(=O)c1ccc(CCC(=O)N2CC(C(=O)OC)C(c3ccccc3)C2)cc1.CCS(=O)(=O)c1ccc(CNC(=O)Oc2ccccc2)cc1.COC(=O)C1CN(C(=O)OC(C)(C)C)CC1c1ccccc1.COC(=O)C1CNCC1c1ccccc1.Cl.[Y].[Y].[Y].[Y].[Y].[Y].[Y].[Y].[Y]. The maximum atomic E-state index is 12.8. The number of halogens is 1. The molecule has 4 amide bonds. The van der Waals surface area contributed by atoms with Crippen LogP contribution in [0.25, 0.3) is 0 Å². The third-order valence-electron chi connectivity index (χ3n) is 18.9. The van der Waals surface area contributed by atoms with Crippen LogP contribution in [-0.4, -0.2) is 181 Å². The molecule has 0 bridgehead atoms. The minimum Gasteiger partial charge on any atom is -0.481 e. The molecule has 0 aliphatic carbocycles. The molecule has 4 heterocycles. The maximum absolute atomic E-state index is 12.8. The molecule has 645 valence electrons. The number of nitrogens with one attached hydrogen (secondary N) is 2. The van der Waals surface area contributed by atoms with Crippen molar-refractivity contribution in [2.75, 3.05) is 85.2 Å². The van der Waals surface area contributed by atoms with E-state index in [1.165, 1.54) is 38.2 Å². The first kappa shape index (κ1) is 131. The monoisotopic (exact) mass is 2430 g/mol. The zero-order valence-corrected chi connectivity index (χ0v) is 101. The third kappa shape index (κ3) is 44.7. The number of aryl methyl sites for hydroxylation is 1. The molecule has 9 radical (unpaired) electrons. The molecule has 123 heavy (non-hydrogen) atoms. The molecule has 0 spiro atoms. The Kier molecular flexibility index (Phi) is 71.6. The molecule has 3 N–H and O–H groups in total. The molecule has 4 fully saturated rings. The molecule has 8 unspecified atom stereocenters. The van der Waals surface area contributed by atoms with Crippen molar-refractivity contribution in [1.29, 1.82) is 0 Å². The second-order valence-corrected chi connectivity index (χ2v) is 34.0. The predicted octanol–water partition coefficient (Wildman–Crippen LogP) is 14.1. The van der Waals surface area contributed by atoms with E-state index in [0.29, 0.717) is 62.8 Å². The van der Waals surface area contributed by atoms with E-state index in [4.69, 9.17) is 28.4 Å². The van der Waals surface area contributed by atoms with Gasteiger partial charge in [0.1, 0.15) is 17.0 Å². The number of para-hydroxylation sites is 1. The van der Waals surface area contributed by atoms with Crippen LogP contribution in [0.1, 0.15) is 139 Å². The van der Waals surface area contributed by atoms with Gasteiger partial charge in [-0.15, -0.1) is 12.4 Å². The van der Waals surface area contributed by atoms with E-state index in [9.17, 15) is 60.3 Å². The predicted molar refractivity (Wildman–Crippen MR) is 439 cm³/mol. The fourth-order valence-electron chi connectivity index (χ4n) is 13.1. The standard InChI is InChI=1S/C23H27NO5S.C17H23NO4.C16H17NO4S.C16H21NO4.C12H15NO2.C3H8.ClH.9Y/c1-3-30(27,28)19-12-9-17(10-13-19)11-14-22(25)24-15-20(18-7-5-4-6-8-18)21(16-24)23(26)29-2;1-17(2,3)22-16(20)18-10-13(12-8-6-5-7-9-12)14(11-18)15(19)21-4;1-2-22(19,20)15-10-8-13(9-11-15)12-17-16(18)21-14-6-4-3-5-7-14;1-16(2,3)21-15(20)17-9-12(13(10-17)14(18)19)11-7-5-4-6-8-11;1-15-12(14)11-8-13-7-10(11)9-5-3-2-4-6-9;1-3-2;;;;;;;;;;/h4-10,12-13,20-21H,3,11,14-16H2,1-2H3;5-9,13-14H,10-11H2,1-4H3;3-11H,2,12H2,1H3,(H,17,18);4-8,12-13H,9-10H2,1-3H3,(H,18,19);2-6,10-11,13H,7-8H2,1H3;3H2,1-2H3;1H;;;;;;;;;. The molecule has 4 saturated heterocycles. The van der Waals surface area contributed by atoms with Gasteiger partial charge in [-0.05, 0) is 118 Å². The Labute approximate surface area is 960 Å². The van der Waals surface area contributed by atoms with Crippen LogP contribution in [0.15, 0.2) is 210 Å². The Balaban J connectivity index is -0.000000464. The van der Waals surface area contributed by atoms with E-state index in [0.717, 1.165) is 34.4 Å². The minimum atomic E-state index is -3.23. The number of esters is 3. The van der Waals surface area contributed by atoms with E-state index in [1.807, 2.05) is 136 Å². The van der Waals surface area contributed by atoms with Gasteiger partial charge in [0.2, 0.25) is 5.91 Å². The van der Waals surface area contributed by atoms with Gasteiger partial charge in [-0.2, -0.15) is 0 Å². The Morgan fingerprint density at radius 1 is 0.415 bits per heavy atom. The van der Waals surface area contributed by atoms with Gasteiger partial charge < -0.3 is 58.9 Å². The fraction of sp³-hybridized carbons (Fsp3) is 0.425. The number of methoxy groups -OCH3 is 3. The van der Waals surface area contributed by atoms with Gasteiger partial charge in [0, 0.05) is 383 Å². The summed E-state index contributed by atoms with van der Waals surface area (Å²) in [7, 11) is -2.23. The third-order valence-corrected chi connectivity index (χ3v) is 22.4. The molecule has 4 aliphatic heterocycles. The zero-order chi connectivity index (χ0) is 83.1. The van der Waals surface area contributed by atoms with Crippen LogP contribution >= 0.6 is 12.4 Å². The number of carbonyl (C=O) groups is 8. The van der Waals surface area contributed by atoms with Gasteiger partial charge in [0.25, 0.3) is 0 Å². The molecule has 11 rings (SSSR count). The Hall–Kier alpha value is -0.215.